The molecule has 0 aliphatic rings. The van der Waals surface area contributed by atoms with Crippen LogP contribution in [0.4, 0.5) is 5.95 Å². The van der Waals surface area contributed by atoms with Crippen LogP contribution < -0.4 is 11.5 Å². The van der Waals surface area contributed by atoms with Crippen LogP contribution >= 0.6 is 34.2 Å². The maximum atomic E-state index is 11.9. The van der Waals surface area contributed by atoms with Crippen molar-refractivity contribution in [1.82, 2.24) is 15.0 Å². The largest absolute Gasteiger partial charge is 0.368 e. The van der Waals surface area contributed by atoms with Crippen molar-refractivity contribution in [1.29, 1.82) is 0 Å². The van der Waals surface area contributed by atoms with Crippen molar-refractivity contribution in [3.8, 4) is 22.6 Å². The fraction of sp³-hybridized carbons (Fsp3) is 0.0625. The molecule has 2 heterocycles. The predicted molar refractivity (Wildman–Crippen MR) is 103 cm³/mol. The molecule has 0 saturated heterocycles. The van der Waals surface area contributed by atoms with Crippen molar-refractivity contribution in [3.63, 3.8) is 0 Å². The summed E-state index contributed by atoms with van der Waals surface area (Å²) in [7, 11) is 0. The Hall–Kier alpha value is -2.13. The number of aryl methyl sites for hydroxylation is 1. The lowest BCUT2D eigenvalue weighted by molar-refractivity contribution is 0.100. The van der Waals surface area contributed by atoms with Gasteiger partial charge in [0, 0.05) is 16.8 Å². The van der Waals surface area contributed by atoms with Crippen LogP contribution in [0.3, 0.4) is 0 Å². The summed E-state index contributed by atoms with van der Waals surface area (Å²) in [5.74, 6) is -0.384. The first-order valence-corrected chi connectivity index (χ1v) is 8.40. The highest BCUT2D eigenvalue weighted by molar-refractivity contribution is 14.1. The highest BCUT2D eigenvalue weighted by Crippen LogP contribution is 2.33. The van der Waals surface area contributed by atoms with E-state index in [-0.39, 0.29) is 5.95 Å². The number of nitrogens with one attached hydrogen (secondary N) is 1. The van der Waals surface area contributed by atoms with Crippen molar-refractivity contribution < 1.29 is 4.79 Å². The first-order chi connectivity index (χ1) is 11.4. The Bertz CT molecular complexity index is 954. The maximum Gasteiger partial charge on any atom is 0.250 e. The molecular weight excluding hydrogens is 441 g/mol. The number of halogens is 2. The van der Waals surface area contributed by atoms with E-state index in [1.807, 2.05) is 13.0 Å². The van der Waals surface area contributed by atoms with Gasteiger partial charge >= 0.3 is 0 Å². The number of nitrogen functional groups attached to an aromatic ring is 1. The molecule has 0 bridgehead atoms. The van der Waals surface area contributed by atoms with Crippen molar-refractivity contribution in [2.75, 3.05) is 5.73 Å². The van der Waals surface area contributed by atoms with Gasteiger partial charge in [0.25, 0.3) is 5.91 Å². The second-order valence-electron chi connectivity index (χ2n) is 5.22. The molecule has 0 radical (unpaired) electrons. The minimum absolute atomic E-state index is 0.154. The number of hydrogen-bond acceptors (Lipinski definition) is 4. The summed E-state index contributed by atoms with van der Waals surface area (Å²) in [6.45, 7) is 1.93. The van der Waals surface area contributed by atoms with Gasteiger partial charge in [-0.15, -0.1) is 0 Å². The van der Waals surface area contributed by atoms with E-state index in [4.69, 9.17) is 23.1 Å². The molecule has 0 fully saturated rings. The summed E-state index contributed by atoms with van der Waals surface area (Å²) in [6.07, 6.45) is 1.62. The molecule has 2 aromatic heterocycles. The van der Waals surface area contributed by atoms with E-state index in [1.165, 1.54) is 0 Å². The molecule has 6 nitrogen and oxygen atoms in total. The average Bonchev–Trinajstić information content (AvgIpc) is 2.97. The molecule has 1 amide bonds. The van der Waals surface area contributed by atoms with E-state index < -0.39 is 5.91 Å². The van der Waals surface area contributed by atoms with E-state index in [1.54, 1.807) is 24.4 Å². The molecule has 1 aromatic carbocycles. The zero-order valence-electron chi connectivity index (χ0n) is 12.6. The third-order valence-corrected chi connectivity index (χ3v) is 4.59. The first-order valence-electron chi connectivity index (χ1n) is 6.94. The Kier molecular flexibility index (Phi) is 4.46. The van der Waals surface area contributed by atoms with E-state index in [9.17, 15) is 4.79 Å². The van der Waals surface area contributed by atoms with Crippen LogP contribution in [0.2, 0.25) is 5.02 Å². The summed E-state index contributed by atoms with van der Waals surface area (Å²) in [5, 5.41) is 0.572. The van der Waals surface area contributed by atoms with Crippen molar-refractivity contribution in [3.05, 3.63) is 50.2 Å². The number of aromatic nitrogens is 3. The first kappa shape index (κ1) is 16.7. The highest BCUT2D eigenvalue weighted by Gasteiger charge is 2.19. The molecule has 5 N–H and O–H groups in total. The SMILES string of the molecule is Cc1ccc(Cl)cc1-c1[nH]c(-c2nc(N)ncc2I)cc1C(N)=O. The zero-order chi connectivity index (χ0) is 17.4. The fourth-order valence-corrected chi connectivity index (χ4v) is 3.14. The van der Waals surface area contributed by atoms with Crippen LogP contribution in [0, 0.1) is 10.5 Å². The number of nitrogens with two attached hydrogens (primary N) is 2. The van der Waals surface area contributed by atoms with Crippen LogP contribution in [0.25, 0.3) is 22.6 Å². The maximum absolute atomic E-state index is 11.9. The standard InChI is InChI=1S/C16H13ClIN5O/c1-7-2-3-8(17)4-9(7)13-10(15(19)24)5-12(22-13)14-11(18)6-21-16(20)23-14/h2-6,22H,1H3,(H2,19,24)(H2,20,21,23). The average molecular weight is 454 g/mol. The number of rotatable bonds is 3. The van der Waals surface area contributed by atoms with Crippen molar-refractivity contribution >= 4 is 46.0 Å². The highest BCUT2D eigenvalue weighted by atomic mass is 127. The number of benzene rings is 1. The number of carbonyl (C=O) groups is 1. The summed E-state index contributed by atoms with van der Waals surface area (Å²) in [4.78, 5) is 23.3. The van der Waals surface area contributed by atoms with Crippen LogP contribution in [0.15, 0.2) is 30.5 Å². The third-order valence-electron chi connectivity index (χ3n) is 3.57. The van der Waals surface area contributed by atoms with Crippen LogP contribution in [0.5, 0.6) is 0 Å². The molecule has 0 aliphatic heterocycles. The van der Waals surface area contributed by atoms with E-state index >= 15 is 0 Å². The lowest BCUT2D eigenvalue weighted by Crippen LogP contribution is -2.11. The molecule has 0 saturated carbocycles. The molecule has 3 aromatic rings. The van der Waals surface area contributed by atoms with Gasteiger partial charge in [-0.3, -0.25) is 4.79 Å². The lowest BCUT2D eigenvalue weighted by Gasteiger charge is -2.07. The second kappa shape index (κ2) is 6.40. The molecule has 3 rings (SSSR count). The lowest BCUT2D eigenvalue weighted by atomic mass is 10.0. The number of primary amides is 1. The van der Waals surface area contributed by atoms with Crippen LogP contribution in [-0.4, -0.2) is 20.9 Å². The van der Waals surface area contributed by atoms with Gasteiger partial charge in [0.05, 0.1) is 20.5 Å². The monoisotopic (exact) mass is 453 g/mol. The summed E-state index contributed by atoms with van der Waals surface area (Å²) >= 11 is 8.21. The molecule has 0 spiro atoms. The predicted octanol–water partition coefficient (Wildman–Crippen LogP) is 3.39. The second-order valence-corrected chi connectivity index (χ2v) is 6.82. The molecule has 8 heteroatoms. The molecule has 0 atom stereocenters. The van der Waals surface area contributed by atoms with E-state index in [2.05, 4.69) is 37.5 Å². The van der Waals surface area contributed by atoms with Crippen molar-refractivity contribution in [2.24, 2.45) is 5.73 Å². The van der Waals surface area contributed by atoms with Gasteiger partial charge in [-0.05, 0) is 53.3 Å². The third kappa shape index (κ3) is 3.09. The number of H-pyrrole nitrogens is 1. The van der Waals surface area contributed by atoms with Gasteiger partial charge in [0.2, 0.25) is 5.95 Å². The molecule has 122 valence electrons. The summed E-state index contributed by atoms with van der Waals surface area (Å²) < 4.78 is 0.799. The van der Waals surface area contributed by atoms with Gasteiger partial charge in [0.15, 0.2) is 0 Å². The number of anilines is 1. The Balaban J connectivity index is 2.24. The quantitative estimate of drug-likeness (QED) is 0.528. The Morgan fingerprint density at radius 3 is 2.79 bits per heavy atom. The normalized spacial score (nSPS) is 10.8. The Morgan fingerprint density at radius 1 is 1.33 bits per heavy atom. The summed E-state index contributed by atoms with van der Waals surface area (Å²) in [6, 6.07) is 7.14. The van der Waals surface area contributed by atoms with Crippen LogP contribution in [-0.2, 0) is 0 Å². The van der Waals surface area contributed by atoms with Gasteiger partial charge in [0.1, 0.15) is 5.69 Å². The van der Waals surface area contributed by atoms with Crippen LogP contribution in [0.1, 0.15) is 15.9 Å². The van der Waals surface area contributed by atoms with Gasteiger partial charge < -0.3 is 16.5 Å². The minimum atomic E-state index is -0.538. The molecule has 0 unspecified atom stereocenters. The van der Waals surface area contributed by atoms with Gasteiger partial charge in [-0.1, -0.05) is 17.7 Å². The number of amides is 1. The topological polar surface area (TPSA) is 111 Å². The number of hydrogen-bond donors (Lipinski definition) is 3. The Labute approximate surface area is 156 Å². The van der Waals surface area contributed by atoms with E-state index in [0.717, 1.165) is 14.7 Å². The number of aromatic amines is 1. The van der Waals surface area contributed by atoms with Gasteiger partial charge in [-0.25, -0.2) is 9.97 Å². The fourth-order valence-electron chi connectivity index (χ4n) is 2.42. The van der Waals surface area contributed by atoms with Gasteiger partial charge in [-0.2, -0.15) is 0 Å². The zero-order valence-corrected chi connectivity index (χ0v) is 15.5. The molecular formula is C16H13ClIN5O. The molecule has 0 aliphatic carbocycles. The number of carbonyl (C=O) groups excluding carboxylic acids is 1. The smallest absolute Gasteiger partial charge is 0.250 e. The summed E-state index contributed by atoms with van der Waals surface area (Å²) in [5.41, 5.74) is 15.2. The molecule has 24 heavy (non-hydrogen) atoms. The number of nitrogens with zero attached hydrogens (tertiary/aromatic N) is 2. The Morgan fingerprint density at radius 2 is 2.08 bits per heavy atom. The minimum Gasteiger partial charge on any atom is -0.368 e. The van der Waals surface area contributed by atoms with E-state index in [0.29, 0.717) is 27.7 Å². The van der Waals surface area contributed by atoms with Crippen molar-refractivity contribution in [2.45, 2.75) is 6.92 Å².